The molecule has 0 bridgehead atoms. The molecule has 6 heteroatoms. The molecule has 0 atom stereocenters. The van der Waals surface area contributed by atoms with E-state index in [4.69, 9.17) is 0 Å². The standard InChI is InChI=1S/C19H18N.BF4/c1-4-10-17(11-5-1)19(18-12-6-2-7-13-18)16-20-14-8-3-9-15-20;2-1(3,4)5/h1-15,19H,16H2;/q+1;-1. The van der Waals surface area contributed by atoms with Crippen LogP contribution in [-0.2, 0) is 6.54 Å². The lowest BCUT2D eigenvalue weighted by Crippen LogP contribution is -2.36. The summed E-state index contributed by atoms with van der Waals surface area (Å²) in [6.07, 6.45) is 4.25. The smallest absolute Gasteiger partial charge is 0.418 e. The molecule has 0 spiro atoms. The Bertz CT molecular complexity index is 688. The first-order valence-corrected chi connectivity index (χ1v) is 7.85. The van der Waals surface area contributed by atoms with Gasteiger partial charge in [0.2, 0.25) is 0 Å². The van der Waals surface area contributed by atoms with Crippen molar-refractivity contribution in [3.8, 4) is 0 Å². The van der Waals surface area contributed by atoms with Gasteiger partial charge in [0.15, 0.2) is 18.9 Å². The molecule has 0 saturated carbocycles. The zero-order valence-corrected chi connectivity index (χ0v) is 13.5. The van der Waals surface area contributed by atoms with Gasteiger partial charge in [-0.05, 0) is 11.1 Å². The minimum absolute atomic E-state index is 0.379. The summed E-state index contributed by atoms with van der Waals surface area (Å²) >= 11 is 0. The Morgan fingerprint density at radius 3 is 1.40 bits per heavy atom. The van der Waals surface area contributed by atoms with Crippen molar-refractivity contribution in [2.45, 2.75) is 12.5 Å². The lowest BCUT2D eigenvalue weighted by molar-refractivity contribution is -0.698. The van der Waals surface area contributed by atoms with Gasteiger partial charge in [0.25, 0.3) is 0 Å². The fourth-order valence-electron chi connectivity index (χ4n) is 2.54. The molecule has 130 valence electrons. The summed E-state index contributed by atoms with van der Waals surface area (Å²) in [6, 6.07) is 27.6. The first-order chi connectivity index (χ1) is 11.9. The van der Waals surface area contributed by atoms with Crippen LogP contribution in [0.3, 0.4) is 0 Å². The lowest BCUT2D eigenvalue weighted by Gasteiger charge is -2.15. The monoisotopic (exact) mass is 347 g/mol. The van der Waals surface area contributed by atoms with Crippen molar-refractivity contribution in [2.24, 2.45) is 0 Å². The number of aromatic nitrogens is 1. The summed E-state index contributed by atoms with van der Waals surface area (Å²) in [5, 5.41) is 0. The van der Waals surface area contributed by atoms with E-state index in [0.29, 0.717) is 5.92 Å². The van der Waals surface area contributed by atoms with Gasteiger partial charge in [-0.15, -0.1) is 0 Å². The molecule has 2 aromatic carbocycles. The second-order valence-corrected chi connectivity index (χ2v) is 5.44. The van der Waals surface area contributed by atoms with Crippen molar-refractivity contribution < 1.29 is 21.8 Å². The molecule has 0 radical (unpaired) electrons. The third-order valence-corrected chi connectivity index (χ3v) is 3.57. The number of pyridine rings is 1. The van der Waals surface area contributed by atoms with Crippen LogP contribution in [0.2, 0.25) is 0 Å². The Labute approximate surface area is 144 Å². The van der Waals surface area contributed by atoms with E-state index in [2.05, 4.69) is 95.8 Å². The van der Waals surface area contributed by atoms with E-state index in [1.54, 1.807) is 0 Å². The van der Waals surface area contributed by atoms with Crippen LogP contribution in [0.4, 0.5) is 17.3 Å². The summed E-state index contributed by atoms with van der Waals surface area (Å²) in [4.78, 5) is 0. The number of halogens is 4. The van der Waals surface area contributed by atoms with Gasteiger partial charge in [0, 0.05) is 12.1 Å². The van der Waals surface area contributed by atoms with Gasteiger partial charge >= 0.3 is 7.25 Å². The van der Waals surface area contributed by atoms with E-state index in [-0.39, 0.29) is 0 Å². The van der Waals surface area contributed by atoms with Gasteiger partial charge < -0.3 is 17.3 Å². The predicted octanol–water partition coefficient (Wildman–Crippen LogP) is 5.11. The number of rotatable bonds is 4. The van der Waals surface area contributed by atoms with Crippen molar-refractivity contribution in [1.29, 1.82) is 0 Å². The van der Waals surface area contributed by atoms with Crippen LogP contribution in [0.1, 0.15) is 17.0 Å². The van der Waals surface area contributed by atoms with Crippen molar-refractivity contribution in [3.63, 3.8) is 0 Å². The molecule has 25 heavy (non-hydrogen) atoms. The fraction of sp³-hybridized carbons (Fsp3) is 0.105. The highest BCUT2D eigenvalue weighted by atomic mass is 19.5. The molecule has 3 aromatic rings. The molecule has 0 amide bonds. The Morgan fingerprint density at radius 2 is 1.00 bits per heavy atom. The van der Waals surface area contributed by atoms with Crippen LogP contribution < -0.4 is 4.57 Å². The molecule has 1 nitrogen and oxygen atoms in total. The van der Waals surface area contributed by atoms with E-state index < -0.39 is 7.25 Å². The molecule has 0 aliphatic carbocycles. The second-order valence-electron chi connectivity index (χ2n) is 5.44. The first kappa shape index (κ1) is 18.7. The van der Waals surface area contributed by atoms with Crippen molar-refractivity contribution in [1.82, 2.24) is 0 Å². The molecule has 1 heterocycles. The quantitative estimate of drug-likeness (QED) is 0.351. The maximum atomic E-state index is 9.75. The Morgan fingerprint density at radius 1 is 0.640 bits per heavy atom. The number of hydrogen-bond acceptors (Lipinski definition) is 0. The van der Waals surface area contributed by atoms with Crippen molar-refractivity contribution in [2.75, 3.05) is 0 Å². The average Bonchev–Trinajstić information content (AvgIpc) is 2.61. The molecule has 0 aliphatic heterocycles. The third-order valence-electron chi connectivity index (χ3n) is 3.57. The normalized spacial score (nSPS) is 10.9. The Kier molecular flexibility index (Phi) is 6.75. The number of nitrogens with zero attached hydrogens (tertiary/aromatic N) is 1. The highest BCUT2D eigenvalue weighted by Gasteiger charge is 2.20. The molecule has 1 aromatic heterocycles. The lowest BCUT2D eigenvalue weighted by atomic mass is 9.91. The Balaban J connectivity index is 0.000000399. The molecular weight excluding hydrogens is 329 g/mol. The summed E-state index contributed by atoms with van der Waals surface area (Å²) in [6.45, 7) is 0.953. The fourth-order valence-corrected chi connectivity index (χ4v) is 2.54. The van der Waals surface area contributed by atoms with Crippen LogP contribution >= 0.6 is 0 Å². The summed E-state index contributed by atoms with van der Waals surface area (Å²) in [7, 11) is -6.00. The highest BCUT2D eigenvalue weighted by Crippen LogP contribution is 2.24. The van der Waals surface area contributed by atoms with Gasteiger partial charge in [-0.25, -0.2) is 4.57 Å². The predicted molar refractivity (Wildman–Crippen MR) is 91.6 cm³/mol. The highest BCUT2D eigenvalue weighted by molar-refractivity contribution is 6.50. The minimum Gasteiger partial charge on any atom is -0.418 e. The van der Waals surface area contributed by atoms with E-state index in [0.717, 1.165) is 6.54 Å². The average molecular weight is 347 g/mol. The molecule has 0 aliphatic rings. The molecule has 0 N–H and O–H groups in total. The summed E-state index contributed by atoms with van der Waals surface area (Å²) in [5.41, 5.74) is 2.71. The van der Waals surface area contributed by atoms with Gasteiger partial charge in [-0.1, -0.05) is 66.7 Å². The number of benzene rings is 2. The van der Waals surface area contributed by atoms with Gasteiger partial charge in [-0.2, -0.15) is 0 Å². The topological polar surface area (TPSA) is 3.88 Å². The first-order valence-electron chi connectivity index (χ1n) is 7.85. The maximum Gasteiger partial charge on any atom is 0.673 e. The minimum atomic E-state index is -6.00. The molecule has 0 saturated heterocycles. The Hall–Kier alpha value is -2.63. The second kappa shape index (κ2) is 9.01. The van der Waals surface area contributed by atoms with Crippen molar-refractivity contribution in [3.05, 3.63) is 102 Å². The van der Waals surface area contributed by atoms with Gasteiger partial charge in [0.05, 0.1) is 5.92 Å². The van der Waals surface area contributed by atoms with Gasteiger partial charge in [0.1, 0.15) is 0 Å². The van der Waals surface area contributed by atoms with Crippen LogP contribution in [-0.4, -0.2) is 7.25 Å². The zero-order chi connectivity index (χ0) is 18.1. The van der Waals surface area contributed by atoms with Crippen LogP contribution in [0.15, 0.2) is 91.3 Å². The third kappa shape index (κ3) is 7.20. The summed E-state index contributed by atoms with van der Waals surface area (Å²) in [5.74, 6) is 0.379. The molecule has 0 unspecified atom stereocenters. The molecule has 0 fully saturated rings. The zero-order valence-electron chi connectivity index (χ0n) is 13.5. The molecule has 3 rings (SSSR count). The summed E-state index contributed by atoms with van der Waals surface area (Å²) < 4.78 is 41.2. The van der Waals surface area contributed by atoms with Crippen LogP contribution in [0.5, 0.6) is 0 Å². The van der Waals surface area contributed by atoms with Crippen molar-refractivity contribution >= 4 is 7.25 Å². The molecular formula is C19H18BF4N. The maximum absolute atomic E-state index is 9.75. The number of hydrogen-bond donors (Lipinski definition) is 0. The SMILES string of the molecule is F[B-](F)(F)F.c1ccc(C(C[n+]2ccccc2)c2ccccc2)cc1. The largest absolute Gasteiger partial charge is 0.673 e. The van der Waals surface area contributed by atoms with Gasteiger partial charge in [-0.3, -0.25) is 0 Å². The van der Waals surface area contributed by atoms with E-state index in [1.807, 2.05) is 0 Å². The van der Waals surface area contributed by atoms with E-state index >= 15 is 0 Å². The van der Waals surface area contributed by atoms with Crippen LogP contribution in [0.25, 0.3) is 0 Å². The van der Waals surface area contributed by atoms with E-state index in [9.17, 15) is 17.3 Å². The van der Waals surface area contributed by atoms with E-state index in [1.165, 1.54) is 11.1 Å². The van der Waals surface area contributed by atoms with Crippen LogP contribution in [0, 0.1) is 0 Å².